The van der Waals surface area contributed by atoms with Crippen LogP contribution in [0.15, 0.2) is 47.6 Å². The van der Waals surface area contributed by atoms with Crippen LogP contribution in [0.1, 0.15) is 12.5 Å². The molecular formula is C16H16Cl2N4O. The number of hydrazone groups is 1. The minimum Gasteiger partial charge on any atom is -0.388 e. The number of anilines is 2. The molecule has 0 heterocycles. The Balaban J connectivity index is 2.05. The van der Waals surface area contributed by atoms with Gasteiger partial charge in [-0.15, -0.1) is 0 Å². The molecule has 0 saturated heterocycles. The van der Waals surface area contributed by atoms with Gasteiger partial charge in [-0.1, -0.05) is 23.2 Å². The van der Waals surface area contributed by atoms with Gasteiger partial charge >= 0.3 is 6.03 Å². The Hall–Kier alpha value is -2.24. The number of carbonyl (C=O) groups is 1. The maximum absolute atomic E-state index is 11.9. The fourth-order valence-electron chi connectivity index (χ4n) is 1.92. The second-order valence-electron chi connectivity index (χ2n) is 4.71. The third-order valence-electron chi connectivity index (χ3n) is 3.07. The number of benzene rings is 2. The molecule has 0 saturated carbocycles. The van der Waals surface area contributed by atoms with Crippen molar-refractivity contribution in [2.24, 2.45) is 5.10 Å². The quantitative estimate of drug-likeness (QED) is 0.558. The Morgan fingerprint density at radius 2 is 1.70 bits per heavy atom. The molecule has 2 aromatic carbocycles. The molecule has 0 aliphatic heterocycles. The van der Waals surface area contributed by atoms with E-state index in [1.165, 1.54) is 0 Å². The molecule has 0 atom stereocenters. The van der Waals surface area contributed by atoms with E-state index in [1.807, 2.05) is 6.07 Å². The number of halogens is 2. The van der Waals surface area contributed by atoms with Crippen molar-refractivity contribution in [2.75, 3.05) is 17.7 Å². The van der Waals surface area contributed by atoms with E-state index in [0.29, 0.717) is 21.4 Å². The Bertz CT molecular complexity index is 729. The van der Waals surface area contributed by atoms with Gasteiger partial charge in [0.1, 0.15) is 0 Å². The zero-order valence-electron chi connectivity index (χ0n) is 12.7. The number of hydrogen-bond donors (Lipinski definition) is 3. The first-order valence-corrected chi connectivity index (χ1v) is 7.59. The molecule has 0 spiro atoms. The first-order chi connectivity index (χ1) is 11.0. The van der Waals surface area contributed by atoms with Gasteiger partial charge in [0.25, 0.3) is 0 Å². The van der Waals surface area contributed by atoms with Crippen molar-refractivity contribution in [2.45, 2.75) is 6.92 Å². The lowest BCUT2D eigenvalue weighted by Gasteiger charge is -2.10. The second-order valence-corrected chi connectivity index (χ2v) is 5.58. The van der Waals surface area contributed by atoms with E-state index < -0.39 is 6.03 Å². The molecule has 0 aromatic heterocycles. The van der Waals surface area contributed by atoms with Gasteiger partial charge in [0.05, 0.1) is 5.71 Å². The number of nitrogens with zero attached hydrogens (tertiary/aromatic N) is 1. The molecule has 120 valence electrons. The third-order valence-corrected chi connectivity index (χ3v) is 3.56. The molecule has 7 heteroatoms. The lowest BCUT2D eigenvalue weighted by molar-refractivity contribution is 0.252. The number of urea groups is 1. The first kappa shape index (κ1) is 17.1. The third kappa shape index (κ3) is 4.87. The Labute approximate surface area is 144 Å². The van der Waals surface area contributed by atoms with Crippen LogP contribution in [0.25, 0.3) is 0 Å². The average Bonchev–Trinajstić information content (AvgIpc) is 2.54. The Kier molecular flexibility index (Phi) is 5.84. The zero-order chi connectivity index (χ0) is 16.8. The van der Waals surface area contributed by atoms with Gasteiger partial charge in [-0.2, -0.15) is 5.10 Å². The Morgan fingerprint density at radius 1 is 1.04 bits per heavy atom. The molecule has 2 aromatic rings. The van der Waals surface area contributed by atoms with Gasteiger partial charge in [-0.3, -0.25) is 0 Å². The summed E-state index contributed by atoms with van der Waals surface area (Å²) in [4.78, 5) is 11.9. The van der Waals surface area contributed by atoms with Crippen LogP contribution in [-0.2, 0) is 0 Å². The molecule has 23 heavy (non-hydrogen) atoms. The van der Waals surface area contributed by atoms with Gasteiger partial charge < -0.3 is 10.6 Å². The summed E-state index contributed by atoms with van der Waals surface area (Å²) in [6.45, 7) is 1.79. The molecule has 0 unspecified atom stereocenters. The number of amides is 2. The highest BCUT2D eigenvalue weighted by Crippen LogP contribution is 2.21. The lowest BCUT2D eigenvalue weighted by Crippen LogP contribution is -2.25. The van der Waals surface area contributed by atoms with Crippen molar-refractivity contribution in [3.05, 3.63) is 58.1 Å². The molecule has 0 aliphatic carbocycles. The van der Waals surface area contributed by atoms with Crippen LogP contribution in [0.4, 0.5) is 16.2 Å². The molecular weight excluding hydrogens is 335 g/mol. The van der Waals surface area contributed by atoms with Crippen molar-refractivity contribution in [1.82, 2.24) is 5.43 Å². The van der Waals surface area contributed by atoms with Gasteiger partial charge in [0, 0.05) is 34.0 Å². The monoisotopic (exact) mass is 350 g/mol. The molecule has 2 amide bonds. The molecule has 0 bridgehead atoms. The van der Waals surface area contributed by atoms with Crippen molar-refractivity contribution >= 4 is 46.3 Å². The van der Waals surface area contributed by atoms with Crippen LogP contribution in [0.5, 0.6) is 0 Å². The SMILES string of the molecule is CNc1ccc(Cl)cc1/C(C)=N\NC(=O)Nc1ccc(Cl)cc1. The van der Waals surface area contributed by atoms with E-state index in [4.69, 9.17) is 23.2 Å². The summed E-state index contributed by atoms with van der Waals surface area (Å²) in [5.74, 6) is 0. The highest BCUT2D eigenvalue weighted by atomic mass is 35.5. The standard InChI is InChI=1S/C16H16Cl2N4O/c1-10(14-9-12(18)5-8-15(14)19-2)21-22-16(23)20-13-6-3-11(17)4-7-13/h3-9,19H,1-2H3,(H2,20,22,23)/b21-10-. The molecule has 0 aliphatic rings. The van der Waals surface area contributed by atoms with Gasteiger partial charge in [-0.25, -0.2) is 10.2 Å². The first-order valence-electron chi connectivity index (χ1n) is 6.84. The molecule has 0 fully saturated rings. The van der Waals surface area contributed by atoms with Gasteiger partial charge in [0.2, 0.25) is 0 Å². The van der Waals surface area contributed by atoms with Crippen molar-refractivity contribution in [3.8, 4) is 0 Å². The summed E-state index contributed by atoms with van der Waals surface area (Å²) in [5, 5.41) is 11.0. The molecule has 0 radical (unpaired) electrons. The van der Waals surface area contributed by atoms with Gasteiger partial charge in [0.15, 0.2) is 0 Å². The molecule has 2 rings (SSSR count). The number of nitrogens with one attached hydrogen (secondary N) is 3. The van der Waals surface area contributed by atoms with Crippen LogP contribution in [0, 0.1) is 0 Å². The smallest absolute Gasteiger partial charge is 0.339 e. The van der Waals surface area contributed by atoms with Crippen LogP contribution in [0.2, 0.25) is 10.0 Å². The van der Waals surface area contributed by atoms with E-state index in [2.05, 4.69) is 21.2 Å². The number of hydrogen-bond acceptors (Lipinski definition) is 3. The van der Waals surface area contributed by atoms with E-state index in [9.17, 15) is 4.79 Å². The maximum Gasteiger partial charge on any atom is 0.339 e. The van der Waals surface area contributed by atoms with E-state index >= 15 is 0 Å². The minimum absolute atomic E-state index is 0.445. The zero-order valence-corrected chi connectivity index (χ0v) is 14.2. The van der Waals surface area contributed by atoms with Crippen molar-refractivity contribution in [3.63, 3.8) is 0 Å². The minimum atomic E-state index is -0.445. The summed E-state index contributed by atoms with van der Waals surface area (Å²) >= 11 is 11.8. The Morgan fingerprint density at radius 3 is 2.35 bits per heavy atom. The fraction of sp³-hybridized carbons (Fsp3) is 0.125. The number of rotatable bonds is 4. The summed E-state index contributed by atoms with van der Waals surface area (Å²) in [6, 6.07) is 11.8. The lowest BCUT2D eigenvalue weighted by atomic mass is 10.1. The summed E-state index contributed by atoms with van der Waals surface area (Å²) in [7, 11) is 1.81. The highest BCUT2D eigenvalue weighted by Gasteiger charge is 2.07. The van der Waals surface area contributed by atoms with Crippen LogP contribution < -0.4 is 16.1 Å². The van der Waals surface area contributed by atoms with E-state index in [1.54, 1.807) is 50.4 Å². The number of carbonyl (C=O) groups excluding carboxylic acids is 1. The summed E-state index contributed by atoms with van der Waals surface area (Å²) in [6.07, 6.45) is 0. The molecule has 3 N–H and O–H groups in total. The normalized spacial score (nSPS) is 11.0. The highest BCUT2D eigenvalue weighted by molar-refractivity contribution is 6.31. The summed E-state index contributed by atoms with van der Waals surface area (Å²) < 4.78 is 0. The van der Waals surface area contributed by atoms with Crippen molar-refractivity contribution < 1.29 is 4.79 Å². The average molecular weight is 351 g/mol. The second kappa shape index (κ2) is 7.85. The fourth-order valence-corrected chi connectivity index (χ4v) is 2.22. The largest absolute Gasteiger partial charge is 0.388 e. The van der Waals surface area contributed by atoms with Gasteiger partial charge in [-0.05, 0) is 49.4 Å². The topological polar surface area (TPSA) is 65.5 Å². The van der Waals surface area contributed by atoms with Crippen LogP contribution in [-0.4, -0.2) is 18.8 Å². The summed E-state index contributed by atoms with van der Waals surface area (Å²) in [5.41, 5.74) is 5.38. The van der Waals surface area contributed by atoms with Crippen LogP contribution >= 0.6 is 23.2 Å². The molecule has 5 nitrogen and oxygen atoms in total. The maximum atomic E-state index is 11.9. The van der Waals surface area contributed by atoms with Crippen LogP contribution in [0.3, 0.4) is 0 Å². The predicted molar refractivity (Wildman–Crippen MR) is 96.8 cm³/mol. The van der Waals surface area contributed by atoms with E-state index in [-0.39, 0.29) is 0 Å². The van der Waals surface area contributed by atoms with E-state index in [0.717, 1.165) is 11.3 Å². The predicted octanol–water partition coefficient (Wildman–Crippen LogP) is 4.58. The van der Waals surface area contributed by atoms with Crippen molar-refractivity contribution in [1.29, 1.82) is 0 Å².